The number of carbonyl (C=O) groups is 1. The molecule has 4 heterocycles. The maximum absolute atomic E-state index is 12.3. The van der Waals surface area contributed by atoms with Crippen LogP contribution in [0.5, 0.6) is 5.75 Å². The minimum atomic E-state index is -1.18. The summed E-state index contributed by atoms with van der Waals surface area (Å²) < 4.78 is 13.3. The first kappa shape index (κ1) is 16.4. The van der Waals surface area contributed by atoms with Crippen molar-refractivity contribution < 1.29 is 19.4 Å². The number of anilines is 1. The van der Waals surface area contributed by atoms with Gasteiger partial charge in [0.2, 0.25) is 0 Å². The van der Waals surface area contributed by atoms with E-state index in [0.29, 0.717) is 26.4 Å². The van der Waals surface area contributed by atoms with Crippen LogP contribution in [0.4, 0.5) is 5.69 Å². The number of carboxylic acid groups (broad SMARTS) is 1. The Hall–Kier alpha value is -2.80. The zero-order valence-corrected chi connectivity index (χ0v) is 14.9. The predicted octanol–water partition coefficient (Wildman–Crippen LogP) is 1.54. The summed E-state index contributed by atoms with van der Waals surface area (Å²) in [5, 5.41) is 9.26. The maximum Gasteiger partial charge on any atom is 0.341 e. The Morgan fingerprint density at radius 3 is 2.63 bits per heavy atom. The van der Waals surface area contributed by atoms with Crippen molar-refractivity contribution in [2.45, 2.75) is 19.4 Å². The molecule has 0 amide bonds. The number of hydrogen-bond acceptors (Lipinski definition) is 5. The Labute approximate surface area is 155 Å². The third kappa shape index (κ3) is 2.53. The first-order valence-electron chi connectivity index (χ1n) is 9.26. The molecule has 5 rings (SSSR count). The van der Waals surface area contributed by atoms with E-state index in [2.05, 4.69) is 11.0 Å². The summed E-state index contributed by atoms with van der Waals surface area (Å²) in [5.74, 6) is -0.217. The number of pyridine rings is 1. The monoisotopic (exact) mass is 368 g/mol. The summed E-state index contributed by atoms with van der Waals surface area (Å²) in [6.07, 6.45) is 3.15. The highest BCUT2D eigenvalue weighted by Crippen LogP contribution is 2.45. The number of aromatic nitrogens is 1. The van der Waals surface area contributed by atoms with Gasteiger partial charge in [0.15, 0.2) is 5.43 Å². The number of fused-ring (bicyclic) bond motifs is 5. The Balaban J connectivity index is 1.71. The van der Waals surface area contributed by atoms with E-state index in [1.807, 2.05) is 4.57 Å². The van der Waals surface area contributed by atoms with Gasteiger partial charge in [-0.3, -0.25) is 4.79 Å². The quantitative estimate of drug-likeness (QED) is 0.866. The van der Waals surface area contributed by atoms with Crippen molar-refractivity contribution in [3.05, 3.63) is 45.2 Å². The number of nitrogens with zero attached hydrogens (tertiary/aromatic N) is 2. The summed E-state index contributed by atoms with van der Waals surface area (Å²) in [7, 11) is 0. The summed E-state index contributed by atoms with van der Waals surface area (Å²) >= 11 is 0. The van der Waals surface area contributed by atoms with Crippen LogP contribution in [0.25, 0.3) is 11.3 Å². The lowest BCUT2D eigenvalue weighted by Crippen LogP contribution is -2.36. The van der Waals surface area contributed by atoms with Gasteiger partial charge in [-0.1, -0.05) is 0 Å². The van der Waals surface area contributed by atoms with Crippen molar-refractivity contribution in [3.63, 3.8) is 0 Å². The summed E-state index contributed by atoms with van der Waals surface area (Å²) in [4.78, 5) is 25.9. The van der Waals surface area contributed by atoms with Gasteiger partial charge >= 0.3 is 5.97 Å². The number of benzene rings is 1. The molecule has 0 aliphatic carbocycles. The highest BCUT2D eigenvalue weighted by Gasteiger charge is 2.30. The average molecular weight is 368 g/mol. The lowest BCUT2D eigenvalue weighted by molar-refractivity contribution is 0.0694. The van der Waals surface area contributed by atoms with Crippen LogP contribution < -0.4 is 15.1 Å². The summed E-state index contributed by atoms with van der Waals surface area (Å²) in [6, 6.07) is 3.57. The van der Waals surface area contributed by atoms with E-state index in [1.54, 1.807) is 0 Å². The summed E-state index contributed by atoms with van der Waals surface area (Å²) in [5.41, 5.74) is 4.67. The van der Waals surface area contributed by atoms with E-state index < -0.39 is 11.4 Å². The van der Waals surface area contributed by atoms with Gasteiger partial charge in [0, 0.05) is 49.4 Å². The van der Waals surface area contributed by atoms with Gasteiger partial charge in [-0.25, -0.2) is 4.79 Å². The molecule has 1 aromatic carbocycles. The van der Waals surface area contributed by atoms with Crippen molar-refractivity contribution in [1.29, 1.82) is 0 Å². The summed E-state index contributed by atoms with van der Waals surface area (Å²) in [6.45, 7) is 4.31. The molecule has 7 nitrogen and oxygen atoms in total. The number of ether oxygens (including phenoxy) is 2. The van der Waals surface area contributed by atoms with Crippen LogP contribution in [0.3, 0.4) is 0 Å². The number of morpholine rings is 1. The zero-order chi connectivity index (χ0) is 18.5. The average Bonchev–Trinajstić information content (AvgIpc) is 3.17. The van der Waals surface area contributed by atoms with Crippen molar-refractivity contribution in [3.8, 4) is 17.0 Å². The van der Waals surface area contributed by atoms with Gasteiger partial charge in [-0.05, 0) is 18.1 Å². The minimum absolute atomic E-state index is 0.180. The number of aryl methyl sites for hydroxylation is 1. The largest absolute Gasteiger partial charge is 0.491 e. The van der Waals surface area contributed by atoms with Crippen LogP contribution in [-0.2, 0) is 24.1 Å². The second-order valence-corrected chi connectivity index (χ2v) is 7.11. The molecule has 3 aliphatic heterocycles. The normalized spacial score (nSPS) is 17.7. The molecule has 0 spiro atoms. The molecule has 1 fully saturated rings. The van der Waals surface area contributed by atoms with E-state index in [-0.39, 0.29) is 5.56 Å². The van der Waals surface area contributed by atoms with Crippen LogP contribution in [0.15, 0.2) is 23.1 Å². The molecule has 0 saturated carbocycles. The van der Waals surface area contributed by atoms with Gasteiger partial charge in [-0.2, -0.15) is 0 Å². The minimum Gasteiger partial charge on any atom is -0.491 e. The fourth-order valence-corrected chi connectivity index (χ4v) is 4.36. The van der Waals surface area contributed by atoms with Gasteiger partial charge in [0.1, 0.15) is 11.3 Å². The van der Waals surface area contributed by atoms with Crippen LogP contribution in [0.1, 0.15) is 21.5 Å². The zero-order valence-electron chi connectivity index (χ0n) is 14.9. The van der Waals surface area contributed by atoms with Crippen LogP contribution in [0, 0.1) is 0 Å². The van der Waals surface area contributed by atoms with Crippen LogP contribution >= 0.6 is 0 Å². The third-order valence-corrected chi connectivity index (χ3v) is 5.66. The highest BCUT2D eigenvalue weighted by atomic mass is 16.5. The standard InChI is InChI=1S/C20H20N2O5/c23-18-10-16-14-9-17(21-4-7-26-8-5-21)19-13(2-6-27-19)12(14)1-3-22(16)11-15(18)20(24)25/h9-11H,1-8H2,(H,24,25). The molecule has 2 aromatic rings. The molecule has 0 radical (unpaired) electrons. The second kappa shape index (κ2) is 6.13. The number of aromatic carboxylic acids is 1. The van der Waals surface area contributed by atoms with Crippen molar-refractivity contribution in [2.24, 2.45) is 0 Å². The van der Waals surface area contributed by atoms with Crippen LogP contribution in [0.2, 0.25) is 0 Å². The van der Waals surface area contributed by atoms with Crippen LogP contribution in [-0.4, -0.2) is 48.6 Å². The number of carboxylic acids is 1. The molecular weight excluding hydrogens is 348 g/mol. The van der Waals surface area contributed by atoms with Gasteiger partial charge < -0.3 is 24.0 Å². The Kier molecular flexibility index (Phi) is 3.72. The molecule has 1 aromatic heterocycles. The first-order chi connectivity index (χ1) is 13.1. The lowest BCUT2D eigenvalue weighted by Gasteiger charge is -2.32. The fraction of sp³-hybridized carbons (Fsp3) is 0.400. The molecule has 27 heavy (non-hydrogen) atoms. The Morgan fingerprint density at radius 1 is 1.04 bits per heavy atom. The molecule has 0 bridgehead atoms. The Morgan fingerprint density at radius 2 is 1.85 bits per heavy atom. The second-order valence-electron chi connectivity index (χ2n) is 7.11. The van der Waals surface area contributed by atoms with Gasteiger partial charge in [0.05, 0.1) is 31.2 Å². The van der Waals surface area contributed by atoms with E-state index >= 15 is 0 Å². The smallest absolute Gasteiger partial charge is 0.341 e. The fourth-order valence-electron chi connectivity index (χ4n) is 4.36. The molecule has 0 unspecified atom stereocenters. The van der Waals surface area contributed by atoms with Crippen molar-refractivity contribution in [2.75, 3.05) is 37.8 Å². The van der Waals surface area contributed by atoms with Crippen molar-refractivity contribution >= 4 is 11.7 Å². The maximum atomic E-state index is 12.3. The van der Waals surface area contributed by atoms with E-state index in [4.69, 9.17) is 9.47 Å². The van der Waals surface area contributed by atoms with Gasteiger partial charge in [0.25, 0.3) is 0 Å². The number of rotatable bonds is 2. The molecule has 1 saturated heterocycles. The van der Waals surface area contributed by atoms with E-state index in [1.165, 1.54) is 23.4 Å². The molecular formula is C20H20N2O5. The van der Waals surface area contributed by atoms with Crippen molar-refractivity contribution in [1.82, 2.24) is 4.57 Å². The third-order valence-electron chi connectivity index (χ3n) is 5.66. The lowest BCUT2D eigenvalue weighted by atomic mass is 9.90. The molecule has 140 valence electrons. The predicted molar refractivity (Wildman–Crippen MR) is 99.0 cm³/mol. The SMILES string of the molecule is O=C(O)c1cn2c(cc1=O)-c1cc(N3CCOCC3)c3c(c1CC2)CCO3. The van der Waals surface area contributed by atoms with Gasteiger partial charge in [-0.15, -0.1) is 0 Å². The van der Waals surface area contributed by atoms with E-state index in [9.17, 15) is 14.7 Å². The highest BCUT2D eigenvalue weighted by molar-refractivity contribution is 5.88. The molecule has 7 heteroatoms. The van der Waals surface area contributed by atoms with E-state index in [0.717, 1.165) is 48.6 Å². The molecule has 3 aliphatic rings. The first-order valence-corrected chi connectivity index (χ1v) is 9.26. The number of hydrogen-bond donors (Lipinski definition) is 1. The topological polar surface area (TPSA) is 81.0 Å². The Bertz CT molecular complexity index is 1000. The molecule has 0 atom stereocenters. The molecule has 1 N–H and O–H groups in total.